The fraction of sp³-hybridized carbons (Fsp3) is 0.385. The topological polar surface area (TPSA) is 110 Å². The number of carbonyl (C=O) groups is 2. The Morgan fingerprint density at radius 1 is 1.40 bits per heavy atom. The summed E-state index contributed by atoms with van der Waals surface area (Å²) < 4.78 is 0. The molecule has 108 valence electrons. The van der Waals surface area contributed by atoms with E-state index in [-0.39, 0.29) is 17.8 Å². The van der Waals surface area contributed by atoms with Crippen LogP contribution in [0.2, 0.25) is 0 Å². The number of nitrogens with one attached hydrogen (secondary N) is 1. The van der Waals surface area contributed by atoms with Crippen molar-refractivity contribution in [1.29, 1.82) is 0 Å². The molecule has 1 aromatic rings. The zero-order chi connectivity index (χ0) is 15.1. The number of para-hydroxylation sites is 1. The zero-order valence-corrected chi connectivity index (χ0v) is 11.0. The predicted molar refractivity (Wildman–Crippen MR) is 71.5 cm³/mol. The van der Waals surface area contributed by atoms with E-state index in [0.717, 1.165) is 0 Å². The van der Waals surface area contributed by atoms with Crippen LogP contribution in [-0.2, 0) is 4.79 Å². The Morgan fingerprint density at radius 2 is 2.05 bits per heavy atom. The van der Waals surface area contributed by atoms with Gasteiger partial charge in [0.2, 0.25) is 0 Å². The Balaban J connectivity index is 2.52. The molecule has 0 aliphatic carbocycles. The molecule has 0 spiro atoms. The molecule has 20 heavy (non-hydrogen) atoms. The minimum atomic E-state index is -0.880. The van der Waals surface area contributed by atoms with E-state index in [1.165, 1.54) is 18.2 Å². The Hall–Kier alpha value is -2.44. The molecule has 0 saturated heterocycles. The summed E-state index contributed by atoms with van der Waals surface area (Å²) in [7, 11) is 0. The van der Waals surface area contributed by atoms with Crippen LogP contribution in [0.5, 0.6) is 0 Å². The van der Waals surface area contributed by atoms with Crippen LogP contribution in [0.1, 0.15) is 30.1 Å². The van der Waals surface area contributed by atoms with Crippen LogP contribution in [0.3, 0.4) is 0 Å². The number of carboxylic acid groups (broad SMARTS) is 1. The molecule has 0 bridgehead atoms. The second-order valence-electron chi connectivity index (χ2n) is 4.41. The van der Waals surface area contributed by atoms with E-state index in [4.69, 9.17) is 5.11 Å². The molecule has 7 heteroatoms. The molecule has 1 amide bonds. The van der Waals surface area contributed by atoms with Gasteiger partial charge >= 0.3 is 5.97 Å². The fourth-order valence-corrected chi connectivity index (χ4v) is 1.65. The Labute approximate surface area is 115 Å². The van der Waals surface area contributed by atoms with Crippen molar-refractivity contribution in [2.45, 2.75) is 19.8 Å². The third kappa shape index (κ3) is 4.34. The average molecular weight is 280 g/mol. The minimum absolute atomic E-state index is 0.00350. The van der Waals surface area contributed by atoms with Crippen molar-refractivity contribution in [2.75, 3.05) is 6.54 Å². The Kier molecular flexibility index (Phi) is 5.64. The van der Waals surface area contributed by atoms with Gasteiger partial charge in [-0.15, -0.1) is 0 Å². The first kappa shape index (κ1) is 15.6. The second-order valence-corrected chi connectivity index (χ2v) is 4.41. The summed E-state index contributed by atoms with van der Waals surface area (Å²) in [6, 6.07) is 5.69. The lowest BCUT2D eigenvalue weighted by Gasteiger charge is -2.07. The van der Waals surface area contributed by atoms with Crippen molar-refractivity contribution in [3.8, 4) is 0 Å². The van der Waals surface area contributed by atoms with Gasteiger partial charge < -0.3 is 10.4 Å². The van der Waals surface area contributed by atoms with Gasteiger partial charge in [0, 0.05) is 12.6 Å². The molecule has 0 aliphatic rings. The van der Waals surface area contributed by atoms with Crippen LogP contribution >= 0.6 is 0 Å². The van der Waals surface area contributed by atoms with E-state index >= 15 is 0 Å². The number of nitro groups is 1. The minimum Gasteiger partial charge on any atom is -0.481 e. The molecule has 0 radical (unpaired) electrons. The molecule has 0 aliphatic heterocycles. The lowest BCUT2D eigenvalue weighted by atomic mass is 10.1. The summed E-state index contributed by atoms with van der Waals surface area (Å²) >= 11 is 0. The first-order chi connectivity index (χ1) is 9.43. The molecule has 1 unspecified atom stereocenters. The van der Waals surface area contributed by atoms with E-state index in [0.29, 0.717) is 12.8 Å². The molecule has 7 nitrogen and oxygen atoms in total. The molecule has 0 aromatic heterocycles. The molecule has 0 heterocycles. The number of hydrogen-bond acceptors (Lipinski definition) is 4. The molecule has 1 atom stereocenters. The number of carbonyl (C=O) groups excluding carboxylic acids is 1. The van der Waals surface area contributed by atoms with Gasteiger partial charge in [-0.25, -0.2) is 0 Å². The van der Waals surface area contributed by atoms with E-state index < -0.39 is 22.7 Å². The van der Waals surface area contributed by atoms with Crippen LogP contribution in [-0.4, -0.2) is 28.5 Å². The van der Waals surface area contributed by atoms with Gasteiger partial charge in [0.15, 0.2) is 0 Å². The number of hydrogen-bond donors (Lipinski definition) is 2. The summed E-state index contributed by atoms with van der Waals surface area (Å²) in [5.74, 6) is -1.88. The number of rotatable bonds is 7. The first-order valence-electron chi connectivity index (χ1n) is 6.18. The number of amides is 1. The van der Waals surface area contributed by atoms with Crippen LogP contribution in [0.15, 0.2) is 24.3 Å². The molecular formula is C13H16N2O5. The third-order valence-corrected chi connectivity index (χ3v) is 2.87. The van der Waals surface area contributed by atoms with Crippen LogP contribution < -0.4 is 5.32 Å². The van der Waals surface area contributed by atoms with Crippen molar-refractivity contribution in [2.24, 2.45) is 5.92 Å². The number of carboxylic acids is 1. The highest BCUT2D eigenvalue weighted by Crippen LogP contribution is 2.17. The molecule has 1 aromatic carbocycles. The van der Waals surface area contributed by atoms with Crippen LogP contribution in [0.25, 0.3) is 0 Å². The summed E-state index contributed by atoms with van der Waals surface area (Å²) in [5, 5.41) is 22.0. The SMILES string of the molecule is CC(CCCNC(=O)c1ccccc1[N+](=O)[O-])C(=O)O. The van der Waals surface area contributed by atoms with Gasteiger partial charge in [-0.3, -0.25) is 19.7 Å². The largest absolute Gasteiger partial charge is 0.481 e. The van der Waals surface area contributed by atoms with Gasteiger partial charge in [-0.2, -0.15) is 0 Å². The monoisotopic (exact) mass is 280 g/mol. The van der Waals surface area contributed by atoms with Crippen molar-refractivity contribution < 1.29 is 19.6 Å². The molecule has 0 fully saturated rings. The van der Waals surface area contributed by atoms with Gasteiger partial charge in [-0.1, -0.05) is 19.1 Å². The Morgan fingerprint density at radius 3 is 2.65 bits per heavy atom. The number of nitro benzene ring substituents is 1. The standard InChI is InChI=1S/C13H16N2O5/c1-9(13(17)18)5-4-8-14-12(16)10-6-2-3-7-11(10)15(19)20/h2-3,6-7,9H,4-5,8H2,1H3,(H,14,16)(H,17,18). The number of aliphatic carboxylic acids is 1. The maximum atomic E-state index is 11.8. The predicted octanol–water partition coefficient (Wildman–Crippen LogP) is 1.83. The number of benzene rings is 1. The highest BCUT2D eigenvalue weighted by molar-refractivity contribution is 5.98. The quantitative estimate of drug-likeness (QED) is 0.450. The van der Waals surface area contributed by atoms with E-state index in [2.05, 4.69) is 5.32 Å². The third-order valence-electron chi connectivity index (χ3n) is 2.87. The number of nitrogens with zero attached hydrogens (tertiary/aromatic N) is 1. The highest BCUT2D eigenvalue weighted by Gasteiger charge is 2.18. The highest BCUT2D eigenvalue weighted by atomic mass is 16.6. The molecule has 1 rings (SSSR count). The first-order valence-corrected chi connectivity index (χ1v) is 6.18. The maximum Gasteiger partial charge on any atom is 0.306 e. The smallest absolute Gasteiger partial charge is 0.306 e. The van der Waals surface area contributed by atoms with Crippen molar-refractivity contribution in [1.82, 2.24) is 5.32 Å². The van der Waals surface area contributed by atoms with E-state index in [9.17, 15) is 19.7 Å². The summed E-state index contributed by atoms with van der Waals surface area (Å²) in [6.07, 6.45) is 0.937. The van der Waals surface area contributed by atoms with Gasteiger partial charge in [0.05, 0.1) is 10.8 Å². The molecule has 0 saturated carbocycles. The summed E-state index contributed by atoms with van der Waals surface area (Å²) in [4.78, 5) is 32.6. The lowest BCUT2D eigenvalue weighted by molar-refractivity contribution is -0.385. The van der Waals surface area contributed by atoms with Gasteiger partial charge in [-0.05, 0) is 18.9 Å². The summed E-state index contributed by atoms with van der Waals surface area (Å²) in [6.45, 7) is 1.87. The average Bonchev–Trinajstić information content (AvgIpc) is 2.42. The van der Waals surface area contributed by atoms with E-state index in [1.807, 2.05) is 0 Å². The lowest BCUT2D eigenvalue weighted by Crippen LogP contribution is -2.26. The zero-order valence-electron chi connectivity index (χ0n) is 11.0. The van der Waals surface area contributed by atoms with Gasteiger partial charge in [0.1, 0.15) is 5.56 Å². The summed E-state index contributed by atoms with van der Waals surface area (Å²) in [5.41, 5.74) is -0.243. The van der Waals surface area contributed by atoms with Crippen molar-refractivity contribution in [3.05, 3.63) is 39.9 Å². The molecular weight excluding hydrogens is 264 g/mol. The van der Waals surface area contributed by atoms with Crippen molar-refractivity contribution in [3.63, 3.8) is 0 Å². The van der Waals surface area contributed by atoms with Crippen LogP contribution in [0, 0.1) is 16.0 Å². The van der Waals surface area contributed by atoms with E-state index in [1.54, 1.807) is 13.0 Å². The van der Waals surface area contributed by atoms with Crippen LogP contribution in [0.4, 0.5) is 5.69 Å². The van der Waals surface area contributed by atoms with Gasteiger partial charge in [0.25, 0.3) is 11.6 Å². The fourth-order valence-electron chi connectivity index (χ4n) is 1.65. The second kappa shape index (κ2) is 7.22. The molecule has 2 N–H and O–H groups in total. The maximum absolute atomic E-state index is 11.8. The Bertz CT molecular complexity index is 515. The van der Waals surface area contributed by atoms with Crippen molar-refractivity contribution >= 4 is 17.6 Å². The normalized spacial score (nSPS) is 11.7.